The molecule has 10 nitrogen and oxygen atoms in total. The molecule has 0 saturated carbocycles. The molecule has 0 atom stereocenters. The number of anilines is 2. The van der Waals surface area contributed by atoms with Crippen molar-refractivity contribution in [1.29, 1.82) is 0 Å². The zero-order valence-electron chi connectivity index (χ0n) is 20.5. The molecule has 0 aliphatic carbocycles. The Bertz CT molecular complexity index is 1530. The van der Waals surface area contributed by atoms with Gasteiger partial charge in [-0.05, 0) is 87.4 Å². The third kappa shape index (κ3) is 5.36. The van der Waals surface area contributed by atoms with Crippen molar-refractivity contribution in [2.45, 2.75) is 39.5 Å². The normalized spacial score (nSPS) is 11.2. The van der Waals surface area contributed by atoms with Crippen molar-refractivity contribution in [3.8, 4) is 17.4 Å². The summed E-state index contributed by atoms with van der Waals surface area (Å²) in [6.45, 7) is 8.98. The summed E-state index contributed by atoms with van der Waals surface area (Å²) in [4.78, 5) is 11.3. The molecule has 2 aromatic carbocycles. The number of nitrogens with one attached hydrogen (secondary N) is 2. The van der Waals surface area contributed by atoms with E-state index in [0.29, 0.717) is 34.4 Å². The summed E-state index contributed by atoms with van der Waals surface area (Å²) in [5.41, 5.74) is 4.43. The molecule has 0 radical (unpaired) electrons. The van der Waals surface area contributed by atoms with Gasteiger partial charge >= 0.3 is 0 Å². The van der Waals surface area contributed by atoms with Crippen LogP contribution in [-0.2, 0) is 14.8 Å². The molecule has 11 heteroatoms. The lowest BCUT2D eigenvalue weighted by atomic mass is 10.2. The summed E-state index contributed by atoms with van der Waals surface area (Å²) in [5, 5.41) is 15.4. The highest BCUT2D eigenvalue weighted by Crippen LogP contribution is 2.25. The van der Waals surface area contributed by atoms with Gasteiger partial charge in [0.25, 0.3) is 10.0 Å². The third-order valence-electron chi connectivity index (χ3n) is 5.61. The molecule has 0 bridgehead atoms. The zero-order valence-corrected chi connectivity index (χ0v) is 21.3. The lowest BCUT2D eigenvalue weighted by molar-refractivity contribution is -0.114. The van der Waals surface area contributed by atoms with E-state index in [1.165, 1.54) is 13.0 Å². The van der Waals surface area contributed by atoms with E-state index in [0.717, 1.165) is 17.0 Å². The van der Waals surface area contributed by atoms with E-state index in [2.05, 4.69) is 25.3 Å². The SMILES string of the molecule is CC(=O)Nc1ccc(S(=O)(=O)Nc2ccc(Oc3ccc(-n4nc(C)c(C)c4C)nn3)cc2)c(C)c1. The summed E-state index contributed by atoms with van der Waals surface area (Å²) in [5.74, 6) is 1.12. The van der Waals surface area contributed by atoms with Crippen LogP contribution in [-0.4, -0.2) is 34.3 Å². The summed E-state index contributed by atoms with van der Waals surface area (Å²) in [7, 11) is -3.83. The second kappa shape index (κ2) is 9.78. The number of ether oxygens (including phenoxy) is 1. The highest BCUT2D eigenvalue weighted by molar-refractivity contribution is 7.92. The Morgan fingerprint density at radius 1 is 0.917 bits per heavy atom. The molecule has 2 N–H and O–H groups in total. The number of carbonyl (C=O) groups excluding carboxylic acids is 1. The number of benzene rings is 2. The molecule has 4 aromatic rings. The second-order valence-electron chi connectivity index (χ2n) is 8.33. The van der Waals surface area contributed by atoms with E-state index in [9.17, 15) is 13.2 Å². The minimum Gasteiger partial charge on any atom is -0.438 e. The topological polar surface area (TPSA) is 128 Å². The van der Waals surface area contributed by atoms with E-state index in [4.69, 9.17) is 4.74 Å². The van der Waals surface area contributed by atoms with E-state index in [1.54, 1.807) is 60.1 Å². The largest absolute Gasteiger partial charge is 0.438 e. The number of aryl methyl sites for hydroxylation is 2. The molecular formula is C25H26N6O4S. The number of hydrogen-bond donors (Lipinski definition) is 2. The van der Waals surface area contributed by atoms with Crippen LogP contribution in [0.25, 0.3) is 5.82 Å². The van der Waals surface area contributed by atoms with Crippen LogP contribution < -0.4 is 14.8 Å². The number of amides is 1. The molecule has 1 amide bonds. The van der Waals surface area contributed by atoms with E-state index >= 15 is 0 Å². The van der Waals surface area contributed by atoms with Crippen molar-refractivity contribution in [2.75, 3.05) is 10.0 Å². The Labute approximate surface area is 209 Å². The van der Waals surface area contributed by atoms with Gasteiger partial charge in [0, 0.05) is 30.1 Å². The summed E-state index contributed by atoms with van der Waals surface area (Å²) < 4.78 is 35.8. The van der Waals surface area contributed by atoms with E-state index < -0.39 is 10.0 Å². The van der Waals surface area contributed by atoms with Crippen molar-refractivity contribution < 1.29 is 17.9 Å². The van der Waals surface area contributed by atoms with Crippen LogP contribution >= 0.6 is 0 Å². The highest BCUT2D eigenvalue weighted by atomic mass is 32.2. The summed E-state index contributed by atoms with van der Waals surface area (Å²) >= 11 is 0. The molecule has 0 saturated heterocycles. The highest BCUT2D eigenvalue weighted by Gasteiger charge is 2.18. The van der Waals surface area contributed by atoms with Crippen LogP contribution in [0.3, 0.4) is 0 Å². The fraction of sp³-hybridized carbons (Fsp3) is 0.200. The fourth-order valence-electron chi connectivity index (χ4n) is 3.58. The maximum absolute atomic E-state index is 12.9. The molecule has 4 rings (SSSR count). The number of sulfonamides is 1. The van der Waals surface area contributed by atoms with Crippen LogP contribution in [0.4, 0.5) is 11.4 Å². The number of nitrogens with zero attached hydrogens (tertiary/aromatic N) is 4. The van der Waals surface area contributed by atoms with Crippen molar-refractivity contribution in [1.82, 2.24) is 20.0 Å². The first-order chi connectivity index (χ1) is 17.0. The van der Waals surface area contributed by atoms with Gasteiger partial charge in [-0.25, -0.2) is 13.1 Å². The average Bonchev–Trinajstić information content (AvgIpc) is 3.07. The van der Waals surface area contributed by atoms with Gasteiger partial charge in [-0.15, -0.1) is 10.2 Å². The van der Waals surface area contributed by atoms with Gasteiger partial charge in [0.05, 0.1) is 10.6 Å². The van der Waals surface area contributed by atoms with Crippen LogP contribution in [0.1, 0.15) is 29.4 Å². The summed E-state index contributed by atoms with van der Waals surface area (Å²) in [6, 6.07) is 14.5. The Hall–Kier alpha value is -4.25. The molecule has 0 aliphatic rings. The first-order valence-electron chi connectivity index (χ1n) is 11.1. The van der Waals surface area contributed by atoms with Crippen molar-refractivity contribution in [2.24, 2.45) is 0 Å². The minimum absolute atomic E-state index is 0.116. The maximum Gasteiger partial charge on any atom is 0.262 e. The second-order valence-corrected chi connectivity index (χ2v) is 9.98. The standard InChI is InChI=1S/C25H26N6O4S/c1-15-14-21(26-19(5)32)8-11-23(15)36(33,34)30-20-6-9-22(10-7-20)35-25-13-12-24(27-28-25)31-18(4)16(2)17(3)29-31/h6-14,30H,1-5H3,(H,26,32). The predicted molar refractivity (Wildman–Crippen MR) is 136 cm³/mol. The van der Waals surface area contributed by atoms with Crippen LogP contribution in [0, 0.1) is 27.7 Å². The number of aromatic nitrogens is 4. The maximum atomic E-state index is 12.9. The minimum atomic E-state index is -3.83. The van der Waals surface area contributed by atoms with Gasteiger partial charge in [0.2, 0.25) is 11.8 Å². The lowest BCUT2D eigenvalue weighted by Gasteiger charge is -2.12. The van der Waals surface area contributed by atoms with Gasteiger partial charge in [-0.2, -0.15) is 5.10 Å². The molecule has 0 unspecified atom stereocenters. The monoisotopic (exact) mass is 506 g/mol. The van der Waals surface area contributed by atoms with Gasteiger partial charge in [-0.1, -0.05) is 0 Å². The number of hydrogen-bond acceptors (Lipinski definition) is 7. The first kappa shape index (κ1) is 24.9. The quantitative estimate of drug-likeness (QED) is 0.379. The van der Waals surface area contributed by atoms with E-state index in [-0.39, 0.29) is 10.8 Å². The molecule has 186 valence electrons. The molecule has 0 spiro atoms. The summed E-state index contributed by atoms with van der Waals surface area (Å²) in [6.07, 6.45) is 0. The first-order valence-corrected chi connectivity index (χ1v) is 12.6. The van der Waals surface area contributed by atoms with Crippen LogP contribution in [0.2, 0.25) is 0 Å². The molecule has 0 aliphatic heterocycles. The Morgan fingerprint density at radius 2 is 1.61 bits per heavy atom. The predicted octanol–water partition coefficient (Wildman–Crippen LogP) is 4.45. The number of carbonyl (C=O) groups is 1. The van der Waals surface area contributed by atoms with Crippen LogP contribution in [0.15, 0.2) is 59.5 Å². The smallest absolute Gasteiger partial charge is 0.262 e. The van der Waals surface area contributed by atoms with Crippen LogP contribution in [0.5, 0.6) is 11.6 Å². The Morgan fingerprint density at radius 3 is 2.17 bits per heavy atom. The van der Waals surface area contributed by atoms with Gasteiger partial charge in [-0.3, -0.25) is 9.52 Å². The molecular weight excluding hydrogens is 480 g/mol. The molecule has 2 heterocycles. The Kier molecular flexibility index (Phi) is 6.75. The van der Waals surface area contributed by atoms with E-state index in [1.807, 2.05) is 20.8 Å². The van der Waals surface area contributed by atoms with Gasteiger partial charge in [0.1, 0.15) is 5.75 Å². The molecule has 0 fully saturated rings. The van der Waals surface area contributed by atoms with Crippen molar-refractivity contribution in [3.05, 3.63) is 77.1 Å². The zero-order chi connectivity index (χ0) is 26.0. The fourth-order valence-corrected chi connectivity index (χ4v) is 4.86. The van der Waals surface area contributed by atoms with Crippen molar-refractivity contribution >= 4 is 27.3 Å². The Balaban J connectivity index is 1.44. The van der Waals surface area contributed by atoms with Gasteiger partial charge < -0.3 is 10.1 Å². The third-order valence-corrected chi connectivity index (χ3v) is 7.15. The molecule has 36 heavy (non-hydrogen) atoms. The number of rotatable bonds is 7. The average molecular weight is 507 g/mol. The lowest BCUT2D eigenvalue weighted by Crippen LogP contribution is -2.14. The van der Waals surface area contributed by atoms with Gasteiger partial charge in [0.15, 0.2) is 5.82 Å². The molecule has 2 aromatic heterocycles. The van der Waals surface area contributed by atoms with Crippen molar-refractivity contribution in [3.63, 3.8) is 0 Å².